The van der Waals surface area contributed by atoms with E-state index in [0.29, 0.717) is 6.54 Å². The molecule has 4 nitrogen and oxygen atoms in total. The van der Waals surface area contributed by atoms with Gasteiger partial charge in [0, 0.05) is 19.6 Å². The van der Waals surface area contributed by atoms with Gasteiger partial charge in [-0.3, -0.25) is 0 Å². The summed E-state index contributed by atoms with van der Waals surface area (Å²) in [6.07, 6.45) is 4.13. The number of unbranched alkanes of at least 4 members (excludes halogenated alkanes) is 2. The molecule has 0 aliphatic rings. The van der Waals surface area contributed by atoms with Crippen LogP contribution in [0, 0.1) is 0 Å². The Hall–Kier alpha value is -0.770. The highest BCUT2D eigenvalue weighted by Gasteiger charge is 2.10. The number of carbonyl (C=O) groups is 1. The van der Waals surface area contributed by atoms with Crippen molar-refractivity contribution in [3.05, 3.63) is 0 Å². The fourth-order valence-corrected chi connectivity index (χ4v) is 1.27. The second-order valence-electron chi connectivity index (χ2n) is 3.65. The summed E-state index contributed by atoms with van der Waals surface area (Å²) in [7, 11) is 0. The molecule has 0 aliphatic carbocycles. The van der Waals surface area contributed by atoms with Crippen LogP contribution in [0.4, 0.5) is 4.79 Å². The van der Waals surface area contributed by atoms with Crippen molar-refractivity contribution in [3.63, 3.8) is 0 Å². The van der Waals surface area contributed by atoms with Gasteiger partial charge in [0.2, 0.25) is 0 Å². The van der Waals surface area contributed by atoms with Crippen molar-refractivity contribution in [2.75, 3.05) is 26.2 Å². The normalized spacial score (nSPS) is 10.1. The number of hydrogen-bond acceptors (Lipinski definition) is 2. The first-order chi connectivity index (χ1) is 7.26. The molecule has 0 spiro atoms. The van der Waals surface area contributed by atoms with E-state index >= 15 is 0 Å². The standard InChI is InChI=1S/C11H24N2O2/c1-3-5-7-12-11(15)13(9-10-14)8-6-4-2/h14H,3-10H2,1-2H3,(H,12,15). The minimum Gasteiger partial charge on any atom is -0.395 e. The number of hydrogen-bond donors (Lipinski definition) is 2. The van der Waals surface area contributed by atoms with Gasteiger partial charge in [0.05, 0.1) is 6.61 Å². The number of nitrogens with zero attached hydrogens (tertiary/aromatic N) is 1. The topological polar surface area (TPSA) is 52.6 Å². The Kier molecular flexibility index (Phi) is 9.27. The van der Waals surface area contributed by atoms with Crippen LogP contribution in [-0.2, 0) is 0 Å². The lowest BCUT2D eigenvalue weighted by molar-refractivity contribution is 0.176. The van der Waals surface area contributed by atoms with Crippen LogP contribution < -0.4 is 5.32 Å². The van der Waals surface area contributed by atoms with E-state index in [1.54, 1.807) is 4.90 Å². The van der Waals surface area contributed by atoms with E-state index in [1.165, 1.54) is 0 Å². The fraction of sp³-hybridized carbons (Fsp3) is 0.909. The molecule has 4 heteroatoms. The molecule has 0 fully saturated rings. The summed E-state index contributed by atoms with van der Waals surface area (Å²) >= 11 is 0. The van der Waals surface area contributed by atoms with E-state index in [4.69, 9.17) is 5.11 Å². The van der Waals surface area contributed by atoms with Crippen LogP contribution in [0.2, 0.25) is 0 Å². The summed E-state index contributed by atoms with van der Waals surface area (Å²) in [4.78, 5) is 13.3. The SMILES string of the molecule is CCCCNC(=O)N(CCO)CCCC. The summed E-state index contributed by atoms with van der Waals surface area (Å²) in [6, 6.07) is -0.0500. The number of amides is 2. The lowest BCUT2D eigenvalue weighted by atomic mass is 10.3. The van der Waals surface area contributed by atoms with E-state index in [9.17, 15) is 4.79 Å². The van der Waals surface area contributed by atoms with Crippen LogP contribution in [0.3, 0.4) is 0 Å². The molecule has 0 saturated heterocycles. The predicted molar refractivity (Wildman–Crippen MR) is 61.9 cm³/mol. The molecule has 0 heterocycles. The van der Waals surface area contributed by atoms with Crippen LogP contribution in [0.1, 0.15) is 39.5 Å². The van der Waals surface area contributed by atoms with E-state index in [-0.39, 0.29) is 12.6 Å². The zero-order chi connectivity index (χ0) is 11.5. The molecule has 2 N–H and O–H groups in total. The lowest BCUT2D eigenvalue weighted by Gasteiger charge is -2.21. The molecular formula is C11H24N2O2. The van der Waals surface area contributed by atoms with Crippen molar-refractivity contribution >= 4 is 6.03 Å². The van der Waals surface area contributed by atoms with Crippen LogP contribution in [0.25, 0.3) is 0 Å². The Bertz CT molecular complexity index is 163. The lowest BCUT2D eigenvalue weighted by Crippen LogP contribution is -2.42. The Morgan fingerprint density at radius 2 is 1.87 bits per heavy atom. The zero-order valence-corrected chi connectivity index (χ0v) is 9.96. The molecule has 0 bridgehead atoms. The molecule has 0 aromatic carbocycles. The van der Waals surface area contributed by atoms with Gasteiger partial charge in [-0.15, -0.1) is 0 Å². The van der Waals surface area contributed by atoms with Gasteiger partial charge < -0.3 is 15.3 Å². The summed E-state index contributed by atoms with van der Waals surface area (Å²) in [5.74, 6) is 0. The minimum atomic E-state index is -0.0500. The Balaban J connectivity index is 3.81. The van der Waals surface area contributed by atoms with Gasteiger partial charge in [-0.05, 0) is 12.8 Å². The second kappa shape index (κ2) is 9.77. The van der Waals surface area contributed by atoms with Crippen molar-refractivity contribution < 1.29 is 9.90 Å². The van der Waals surface area contributed by atoms with Crippen LogP contribution in [0.5, 0.6) is 0 Å². The molecular weight excluding hydrogens is 192 g/mol. The number of aliphatic hydroxyl groups excluding tert-OH is 1. The van der Waals surface area contributed by atoms with Gasteiger partial charge >= 0.3 is 6.03 Å². The molecule has 0 rings (SSSR count). The molecule has 15 heavy (non-hydrogen) atoms. The second-order valence-corrected chi connectivity index (χ2v) is 3.65. The van der Waals surface area contributed by atoms with Gasteiger partial charge in [-0.1, -0.05) is 26.7 Å². The van der Waals surface area contributed by atoms with E-state index in [2.05, 4.69) is 19.2 Å². The molecule has 90 valence electrons. The summed E-state index contributed by atoms with van der Waals surface area (Å²) < 4.78 is 0. The van der Waals surface area contributed by atoms with Crippen molar-refractivity contribution in [1.29, 1.82) is 0 Å². The number of carbonyl (C=O) groups excluding carboxylic acids is 1. The molecule has 0 aliphatic heterocycles. The van der Waals surface area contributed by atoms with Gasteiger partial charge in [-0.25, -0.2) is 4.79 Å². The molecule has 0 aromatic heterocycles. The van der Waals surface area contributed by atoms with E-state index < -0.39 is 0 Å². The molecule has 2 amide bonds. The number of rotatable bonds is 8. The molecule has 0 radical (unpaired) electrons. The molecule has 0 aromatic rings. The van der Waals surface area contributed by atoms with Crippen molar-refractivity contribution in [2.24, 2.45) is 0 Å². The number of aliphatic hydroxyl groups is 1. The number of nitrogens with one attached hydrogen (secondary N) is 1. The Labute approximate surface area is 92.7 Å². The van der Waals surface area contributed by atoms with Crippen LogP contribution >= 0.6 is 0 Å². The smallest absolute Gasteiger partial charge is 0.317 e. The Morgan fingerprint density at radius 1 is 1.20 bits per heavy atom. The van der Waals surface area contributed by atoms with Crippen molar-refractivity contribution in [1.82, 2.24) is 10.2 Å². The highest BCUT2D eigenvalue weighted by Crippen LogP contribution is 1.96. The van der Waals surface area contributed by atoms with Crippen molar-refractivity contribution in [2.45, 2.75) is 39.5 Å². The maximum Gasteiger partial charge on any atom is 0.317 e. The fourth-order valence-electron chi connectivity index (χ4n) is 1.27. The largest absolute Gasteiger partial charge is 0.395 e. The van der Waals surface area contributed by atoms with Gasteiger partial charge in [0.15, 0.2) is 0 Å². The average Bonchev–Trinajstić information content (AvgIpc) is 2.24. The highest BCUT2D eigenvalue weighted by atomic mass is 16.3. The molecule has 0 unspecified atom stereocenters. The van der Waals surface area contributed by atoms with Gasteiger partial charge in [0.1, 0.15) is 0 Å². The van der Waals surface area contributed by atoms with E-state index in [0.717, 1.165) is 38.8 Å². The third-order valence-corrected chi connectivity index (χ3v) is 2.25. The van der Waals surface area contributed by atoms with Crippen molar-refractivity contribution in [3.8, 4) is 0 Å². The predicted octanol–water partition coefficient (Wildman–Crippen LogP) is 1.59. The quantitative estimate of drug-likeness (QED) is 0.605. The zero-order valence-electron chi connectivity index (χ0n) is 9.96. The third kappa shape index (κ3) is 7.19. The van der Waals surface area contributed by atoms with Crippen LogP contribution in [-0.4, -0.2) is 42.3 Å². The third-order valence-electron chi connectivity index (χ3n) is 2.25. The maximum absolute atomic E-state index is 11.6. The first kappa shape index (κ1) is 14.2. The summed E-state index contributed by atoms with van der Waals surface area (Å²) in [5.41, 5.74) is 0. The number of urea groups is 1. The first-order valence-corrected chi connectivity index (χ1v) is 5.89. The Morgan fingerprint density at radius 3 is 2.40 bits per heavy atom. The molecule has 0 saturated carbocycles. The summed E-state index contributed by atoms with van der Waals surface area (Å²) in [6.45, 7) is 6.10. The van der Waals surface area contributed by atoms with Gasteiger partial charge in [-0.2, -0.15) is 0 Å². The average molecular weight is 216 g/mol. The first-order valence-electron chi connectivity index (χ1n) is 5.89. The highest BCUT2D eigenvalue weighted by molar-refractivity contribution is 5.74. The van der Waals surface area contributed by atoms with E-state index in [1.807, 2.05) is 0 Å². The van der Waals surface area contributed by atoms with Gasteiger partial charge in [0.25, 0.3) is 0 Å². The minimum absolute atomic E-state index is 0.0327. The monoisotopic (exact) mass is 216 g/mol. The van der Waals surface area contributed by atoms with Crippen LogP contribution in [0.15, 0.2) is 0 Å². The molecule has 0 atom stereocenters. The maximum atomic E-state index is 11.6. The summed E-state index contributed by atoms with van der Waals surface area (Å²) in [5, 5.41) is 11.7.